The molecule has 0 spiro atoms. The second-order valence-corrected chi connectivity index (χ2v) is 6.54. The molecule has 0 aromatic heterocycles. The summed E-state index contributed by atoms with van der Waals surface area (Å²) in [5.41, 5.74) is -0.232. The third-order valence-electron chi connectivity index (χ3n) is 4.39. The number of amides is 2. The van der Waals surface area contributed by atoms with Crippen molar-refractivity contribution in [2.75, 3.05) is 19.6 Å². The molecular formula is C19H25F3N4O2. The number of halogens is 3. The lowest BCUT2D eigenvalue weighted by Gasteiger charge is -2.24. The van der Waals surface area contributed by atoms with Gasteiger partial charge in [0.05, 0.1) is 18.2 Å². The van der Waals surface area contributed by atoms with Gasteiger partial charge in [-0.05, 0) is 38.0 Å². The molecule has 0 radical (unpaired) electrons. The Labute approximate surface area is 162 Å². The predicted octanol–water partition coefficient (Wildman–Crippen LogP) is 2.86. The molecule has 0 bridgehead atoms. The number of imide groups is 1. The van der Waals surface area contributed by atoms with Crippen LogP contribution in [0.5, 0.6) is 0 Å². The molecule has 1 aliphatic rings. The summed E-state index contributed by atoms with van der Waals surface area (Å²) < 4.78 is 38.7. The van der Waals surface area contributed by atoms with Crippen LogP contribution in [-0.2, 0) is 15.8 Å². The van der Waals surface area contributed by atoms with Crippen LogP contribution in [0.4, 0.5) is 13.2 Å². The van der Waals surface area contributed by atoms with Gasteiger partial charge in [-0.2, -0.15) is 13.2 Å². The van der Waals surface area contributed by atoms with Crippen LogP contribution in [0.1, 0.15) is 50.3 Å². The number of likely N-dealkylation sites (tertiary alicyclic amines) is 1. The predicted molar refractivity (Wildman–Crippen MR) is 99.5 cm³/mol. The van der Waals surface area contributed by atoms with Gasteiger partial charge in [0, 0.05) is 25.9 Å². The average Bonchev–Trinajstić information content (AvgIpc) is 2.63. The van der Waals surface area contributed by atoms with Gasteiger partial charge in [-0.15, -0.1) is 0 Å². The first-order chi connectivity index (χ1) is 13.2. The van der Waals surface area contributed by atoms with Gasteiger partial charge in [0.25, 0.3) is 0 Å². The number of benzene rings is 1. The number of piperidine rings is 1. The Bertz CT molecular complexity index is 718. The third kappa shape index (κ3) is 5.97. The van der Waals surface area contributed by atoms with Gasteiger partial charge in [0.2, 0.25) is 11.8 Å². The second kappa shape index (κ2) is 9.57. The van der Waals surface area contributed by atoms with Gasteiger partial charge in [-0.1, -0.05) is 12.1 Å². The number of nitrogens with zero attached hydrogens (tertiary/aromatic N) is 2. The van der Waals surface area contributed by atoms with Crippen molar-refractivity contribution in [1.82, 2.24) is 15.5 Å². The standard InChI is InChI=1S/C19H25F3N4O2/c1-3-23-18(24-10-11-26-16(27)8-5-9-17(26)28)25-13(2)14-6-4-7-15(12-14)19(20,21)22/h4,6-7,12-13H,3,5,8-11H2,1-2H3,(H2,23,24,25). The fraction of sp³-hybridized carbons (Fsp3) is 0.526. The maximum absolute atomic E-state index is 12.9. The Kier molecular flexibility index (Phi) is 7.42. The largest absolute Gasteiger partial charge is 0.416 e. The van der Waals surface area contributed by atoms with E-state index >= 15 is 0 Å². The van der Waals surface area contributed by atoms with Gasteiger partial charge >= 0.3 is 6.18 Å². The van der Waals surface area contributed by atoms with Crippen molar-refractivity contribution >= 4 is 17.8 Å². The molecule has 28 heavy (non-hydrogen) atoms. The minimum Gasteiger partial charge on any atom is -0.357 e. The SMILES string of the molecule is CCNC(=NCCN1C(=O)CCCC1=O)NC(C)c1cccc(C(F)(F)F)c1. The van der Waals surface area contributed by atoms with Gasteiger partial charge in [0.15, 0.2) is 5.96 Å². The number of hydrogen-bond acceptors (Lipinski definition) is 3. The van der Waals surface area contributed by atoms with Crippen LogP contribution < -0.4 is 10.6 Å². The quantitative estimate of drug-likeness (QED) is 0.439. The van der Waals surface area contributed by atoms with E-state index in [2.05, 4.69) is 15.6 Å². The number of carbonyl (C=O) groups excluding carboxylic acids is 2. The smallest absolute Gasteiger partial charge is 0.357 e. The van der Waals surface area contributed by atoms with Crippen molar-refractivity contribution in [3.8, 4) is 0 Å². The summed E-state index contributed by atoms with van der Waals surface area (Å²) >= 11 is 0. The zero-order valence-electron chi connectivity index (χ0n) is 16.0. The highest BCUT2D eigenvalue weighted by Crippen LogP contribution is 2.30. The molecule has 2 amide bonds. The number of alkyl halides is 3. The number of hydrogen-bond donors (Lipinski definition) is 2. The van der Waals surface area contributed by atoms with Gasteiger partial charge in [-0.25, -0.2) is 0 Å². The normalized spacial score (nSPS) is 16.9. The molecule has 0 saturated carbocycles. The van der Waals surface area contributed by atoms with Crippen molar-refractivity contribution in [3.05, 3.63) is 35.4 Å². The molecule has 0 aliphatic carbocycles. The van der Waals surface area contributed by atoms with E-state index in [0.29, 0.717) is 37.3 Å². The topological polar surface area (TPSA) is 73.8 Å². The monoisotopic (exact) mass is 398 g/mol. The Morgan fingerprint density at radius 3 is 2.54 bits per heavy atom. The minimum atomic E-state index is -4.40. The Morgan fingerprint density at radius 1 is 1.25 bits per heavy atom. The highest BCUT2D eigenvalue weighted by Gasteiger charge is 2.30. The van der Waals surface area contributed by atoms with Crippen molar-refractivity contribution in [2.45, 2.75) is 45.3 Å². The maximum Gasteiger partial charge on any atom is 0.416 e. The van der Waals surface area contributed by atoms with E-state index in [1.165, 1.54) is 11.0 Å². The summed E-state index contributed by atoms with van der Waals surface area (Å²) in [6.07, 6.45) is -3.10. The molecule has 1 aromatic rings. The van der Waals surface area contributed by atoms with Crippen LogP contribution in [-0.4, -0.2) is 42.3 Å². The molecule has 1 aromatic carbocycles. The molecule has 1 atom stereocenters. The molecule has 2 rings (SSSR count). The highest BCUT2D eigenvalue weighted by molar-refractivity contribution is 5.97. The van der Waals surface area contributed by atoms with Gasteiger partial charge in [-0.3, -0.25) is 19.5 Å². The molecule has 6 nitrogen and oxygen atoms in total. The summed E-state index contributed by atoms with van der Waals surface area (Å²) in [4.78, 5) is 29.2. The summed E-state index contributed by atoms with van der Waals surface area (Å²) in [5, 5.41) is 6.07. The molecule has 9 heteroatoms. The summed E-state index contributed by atoms with van der Waals surface area (Å²) in [5.74, 6) is 0.0211. The Hall–Kier alpha value is -2.58. The molecule has 154 valence electrons. The first kappa shape index (κ1) is 21.7. The molecule has 1 fully saturated rings. The minimum absolute atomic E-state index is 0.187. The highest BCUT2D eigenvalue weighted by atomic mass is 19.4. The number of aliphatic imine (C=N–C) groups is 1. The van der Waals surface area contributed by atoms with Gasteiger partial charge < -0.3 is 10.6 Å². The van der Waals surface area contributed by atoms with E-state index in [9.17, 15) is 22.8 Å². The first-order valence-electron chi connectivity index (χ1n) is 9.27. The Balaban J connectivity index is 2.02. The zero-order chi connectivity index (χ0) is 20.7. The van der Waals surface area contributed by atoms with E-state index in [0.717, 1.165) is 12.1 Å². The lowest BCUT2D eigenvalue weighted by Crippen LogP contribution is -2.43. The van der Waals surface area contributed by atoms with E-state index in [1.807, 2.05) is 6.92 Å². The van der Waals surface area contributed by atoms with E-state index < -0.39 is 17.8 Å². The first-order valence-corrected chi connectivity index (χ1v) is 9.27. The fourth-order valence-corrected chi connectivity index (χ4v) is 2.90. The van der Waals surface area contributed by atoms with Crippen molar-refractivity contribution in [1.29, 1.82) is 0 Å². The second-order valence-electron chi connectivity index (χ2n) is 6.54. The zero-order valence-corrected chi connectivity index (χ0v) is 16.0. The fourth-order valence-electron chi connectivity index (χ4n) is 2.90. The summed E-state index contributed by atoms with van der Waals surface area (Å²) in [7, 11) is 0. The van der Waals surface area contributed by atoms with E-state index in [4.69, 9.17) is 0 Å². The van der Waals surface area contributed by atoms with Crippen LogP contribution in [0.25, 0.3) is 0 Å². The third-order valence-corrected chi connectivity index (χ3v) is 4.39. The van der Waals surface area contributed by atoms with Crippen LogP contribution in [0.15, 0.2) is 29.3 Å². The van der Waals surface area contributed by atoms with E-state index in [-0.39, 0.29) is 24.9 Å². The maximum atomic E-state index is 12.9. The number of rotatable bonds is 6. The number of guanidine groups is 1. The molecule has 2 N–H and O–H groups in total. The van der Waals surface area contributed by atoms with Crippen LogP contribution >= 0.6 is 0 Å². The van der Waals surface area contributed by atoms with Crippen LogP contribution in [0.3, 0.4) is 0 Å². The molecular weight excluding hydrogens is 373 g/mol. The van der Waals surface area contributed by atoms with Crippen molar-refractivity contribution < 1.29 is 22.8 Å². The molecule has 1 unspecified atom stereocenters. The van der Waals surface area contributed by atoms with Crippen molar-refractivity contribution in [3.63, 3.8) is 0 Å². The average molecular weight is 398 g/mol. The lowest BCUT2D eigenvalue weighted by molar-refractivity contribution is -0.147. The van der Waals surface area contributed by atoms with Crippen LogP contribution in [0, 0.1) is 0 Å². The molecule has 1 heterocycles. The van der Waals surface area contributed by atoms with Crippen molar-refractivity contribution in [2.24, 2.45) is 4.99 Å². The Morgan fingerprint density at radius 2 is 1.93 bits per heavy atom. The van der Waals surface area contributed by atoms with E-state index in [1.54, 1.807) is 13.0 Å². The van der Waals surface area contributed by atoms with Crippen LogP contribution in [0.2, 0.25) is 0 Å². The van der Waals surface area contributed by atoms with Gasteiger partial charge in [0.1, 0.15) is 0 Å². The molecule has 1 aliphatic heterocycles. The number of carbonyl (C=O) groups is 2. The summed E-state index contributed by atoms with van der Waals surface area (Å²) in [6, 6.07) is 4.70. The summed E-state index contributed by atoms with van der Waals surface area (Å²) in [6.45, 7) is 4.56. The molecule has 1 saturated heterocycles. The number of nitrogens with one attached hydrogen (secondary N) is 2. The lowest BCUT2D eigenvalue weighted by atomic mass is 10.1.